The molecule has 1 aliphatic carbocycles. The van der Waals surface area contributed by atoms with Crippen LogP contribution in [0.2, 0.25) is 0 Å². The molecule has 0 fully saturated rings. The monoisotopic (exact) mass is 554 g/mol. The number of halogens is 2. The zero-order valence-electron chi connectivity index (χ0n) is 17.1. The van der Waals surface area contributed by atoms with E-state index in [1.54, 1.807) is 38.6 Å². The van der Waals surface area contributed by atoms with E-state index in [4.69, 9.17) is 15.0 Å². The summed E-state index contributed by atoms with van der Waals surface area (Å²) in [4.78, 5) is 8.31. The number of hydrogen-bond acceptors (Lipinski definition) is 7. The summed E-state index contributed by atoms with van der Waals surface area (Å²) < 4.78 is 29.4. The summed E-state index contributed by atoms with van der Waals surface area (Å²) in [6.07, 6.45) is 8.73. The highest BCUT2D eigenvalue weighted by molar-refractivity contribution is 9.12. The number of allylic oxidation sites excluding steroid dienone is 4. The molecule has 0 saturated heterocycles. The molecule has 11 heteroatoms. The normalized spacial score (nSPS) is 14.9. The van der Waals surface area contributed by atoms with Crippen molar-refractivity contribution in [2.75, 3.05) is 19.5 Å². The number of hydrogen-bond donors (Lipinski definition) is 3. The third-order valence-corrected chi connectivity index (χ3v) is 6.12. The molecular weight excluding hydrogens is 528 g/mol. The van der Waals surface area contributed by atoms with Crippen LogP contribution in [-0.2, 0) is 14.8 Å². The molecule has 0 unspecified atom stereocenters. The highest BCUT2D eigenvalue weighted by Gasteiger charge is 2.20. The Balaban J connectivity index is 0.000000841. The maximum Gasteiger partial charge on any atom is 0.239 e. The fourth-order valence-corrected chi connectivity index (χ4v) is 4.22. The van der Waals surface area contributed by atoms with Gasteiger partial charge in [0.25, 0.3) is 0 Å². The number of aliphatic hydroxyl groups excluding tert-OH is 1. The number of rotatable bonds is 5. The molecule has 0 saturated carbocycles. The predicted molar refractivity (Wildman–Crippen MR) is 124 cm³/mol. The highest BCUT2D eigenvalue weighted by Crippen LogP contribution is 2.30. The van der Waals surface area contributed by atoms with Gasteiger partial charge in [-0.1, -0.05) is 13.0 Å². The van der Waals surface area contributed by atoms with Gasteiger partial charge in [0, 0.05) is 43.2 Å². The number of ether oxygens (including phenoxy) is 1. The standard InChI is InChI=1S/C12H12Br2N4O2S.C5H12O.CH4O/c1-7-4-9(18-12-16-5-8(13)6-17-12)2-3-10(14)11(7)21(15,19)20;1-4-5(2)6-3;1-2/h3-6H,2H2,1H3,(H2,15,19,20)(H,16,17,18);5H,4H2,1-3H3;2H,1H3/t;5-;/m.1./s1. The molecule has 1 aliphatic rings. The molecule has 0 amide bonds. The van der Waals surface area contributed by atoms with Crippen molar-refractivity contribution in [1.82, 2.24) is 9.97 Å². The van der Waals surface area contributed by atoms with E-state index in [1.165, 1.54) is 0 Å². The zero-order valence-corrected chi connectivity index (χ0v) is 21.1. The summed E-state index contributed by atoms with van der Waals surface area (Å²) in [6.45, 7) is 5.85. The second kappa shape index (κ2) is 14.0. The van der Waals surface area contributed by atoms with Crippen LogP contribution in [0, 0.1) is 0 Å². The number of nitrogens with two attached hydrogens (primary N) is 1. The number of aliphatic hydroxyl groups is 1. The van der Waals surface area contributed by atoms with Crippen LogP contribution in [0.5, 0.6) is 0 Å². The lowest BCUT2D eigenvalue weighted by atomic mass is 10.2. The Hall–Kier alpha value is -1.11. The summed E-state index contributed by atoms with van der Waals surface area (Å²) in [7, 11) is -1.06. The first-order chi connectivity index (χ1) is 13.6. The lowest BCUT2D eigenvalue weighted by Crippen LogP contribution is -2.16. The molecule has 8 nitrogen and oxygen atoms in total. The number of nitrogens with zero attached hydrogens (tertiary/aromatic N) is 2. The number of sulfonamides is 1. The number of primary sulfonamides is 1. The van der Waals surface area contributed by atoms with Crippen LogP contribution in [0.25, 0.3) is 0 Å². The average Bonchev–Trinajstić information content (AvgIpc) is 2.82. The third-order valence-electron chi connectivity index (χ3n) is 3.62. The molecule has 1 heterocycles. The van der Waals surface area contributed by atoms with Crippen molar-refractivity contribution >= 4 is 47.8 Å². The maximum absolute atomic E-state index is 11.6. The lowest BCUT2D eigenvalue weighted by Gasteiger charge is -2.07. The summed E-state index contributed by atoms with van der Waals surface area (Å²) in [5, 5.41) is 15.3. The number of anilines is 1. The fraction of sp³-hybridized carbons (Fsp3) is 0.444. The maximum atomic E-state index is 11.6. The number of nitrogens with one attached hydrogen (secondary N) is 1. The minimum atomic E-state index is -3.79. The van der Waals surface area contributed by atoms with E-state index in [9.17, 15) is 8.42 Å². The van der Waals surface area contributed by atoms with Gasteiger partial charge in [0.2, 0.25) is 16.0 Å². The molecule has 2 rings (SSSR count). The minimum absolute atomic E-state index is 0.0797. The van der Waals surface area contributed by atoms with Crippen LogP contribution >= 0.6 is 31.9 Å². The molecular formula is C18H28Br2N4O4S. The van der Waals surface area contributed by atoms with E-state index in [0.717, 1.165) is 23.7 Å². The van der Waals surface area contributed by atoms with E-state index < -0.39 is 10.0 Å². The molecule has 0 radical (unpaired) electrons. The van der Waals surface area contributed by atoms with Gasteiger partial charge >= 0.3 is 0 Å². The first-order valence-electron chi connectivity index (χ1n) is 8.60. The Morgan fingerprint density at radius 1 is 1.31 bits per heavy atom. The van der Waals surface area contributed by atoms with Crippen molar-refractivity contribution in [3.8, 4) is 0 Å². The van der Waals surface area contributed by atoms with Crippen molar-refractivity contribution in [3.63, 3.8) is 0 Å². The SMILES string of the molecule is CC1=C(S(N)(=O)=O)C(Br)=CCC(Nc2ncc(Br)cn2)=C1.CC[C@@H](C)OC.CO. The smallest absolute Gasteiger partial charge is 0.239 e. The number of aromatic nitrogens is 2. The van der Waals surface area contributed by atoms with Crippen molar-refractivity contribution in [3.05, 3.63) is 49.7 Å². The van der Waals surface area contributed by atoms with E-state index in [1.807, 2.05) is 0 Å². The van der Waals surface area contributed by atoms with Crippen molar-refractivity contribution in [1.29, 1.82) is 0 Å². The first-order valence-corrected chi connectivity index (χ1v) is 11.7. The van der Waals surface area contributed by atoms with Crippen molar-refractivity contribution < 1.29 is 18.3 Å². The Labute approximate surface area is 189 Å². The summed E-state index contributed by atoms with van der Waals surface area (Å²) in [5.74, 6) is 0.431. The van der Waals surface area contributed by atoms with E-state index >= 15 is 0 Å². The van der Waals surface area contributed by atoms with Crippen molar-refractivity contribution in [2.45, 2.75) is 39.7 Å². The topological polar surface area (TPSA) is 127 Å². The average molecular weight is 556 g/mol. The molecule has 0 bridgehead atoms. The van der Waals surface area contributed by atoms with Gasteiger partial charge in [-0.2, -0.15) is 0 Å². The van der Waals surface area contributed by atoms with E-state index in [0.29, 0.717) is 28.5 Å². The molecule has 1 aromatic rings. The molecule has 4 N–H and O–H groups in total. The van der Waals surface area contributed by atoms with Crippen LogP contribution in [0.1, 0.15) is 33.6 Å². The lowest BCUT2D eigenvalue weighted by molar-refractivity contribution is 0.115. The van der Waals surface area contributed by atoms with Crippen LogP contribution in [0.3, 0.4) is 0 Å². The van der Waals surface area contributed by atoms with Gasteiger partial charge < -0.3 is 15.2 Å². The molecule has 1 aromatic heterocycles. The second-order valence-electron chi connectivity index (χ2n) is 5.79. The molecule has 0 aliphatic heterocycles. The third kappa shape index (κ3) is 10.5. The highest BCUT2D eigenvalue weighted by atomic mass is 79.9. The van der Waals surface area contributed by atoms with Gasteiger partial charge in [-0.25, -0.2) is 23.5 Å². The Morgan fingerprint density at radius 3 is 2.28 bits per heavy atom. The van der Waals surface area contributed by atoms with Gasteiger partial charge in [0.1, 0.15) is 0 Å². The second-order valence-corrected chi connectivity index (χ2v) is 9.06. The Kier molecular flexibility index (Phi) is 13.5. The van der Waals surface area contributed by atoms with Gasteiger partial charge in [0.05, 0.1) is 15.5 Å². The zero-order chi connectivity index (χ0) is 22.6. The van der Waals surface area contributed by atoms with Gasteiger partial charge in [-0.15, -0.1) is 0 Å². The van der Waals surface area contributed by atoms with E-state index in [2.05, 4.69) is 61.0 Å². The molecule has 164 valence electrons. The largest absolute Gasteiger partial charge is 0.400 e. The van der Waals surface area contributed by atoms with Gasteiger partial charge in [0.15, 0.2) is 0 Å². The molecule has 0 spiro atoms. The van der Waals surface area contributed by atoms with Crippen LogP contribution < -0.4 is 10.5 Å². The first kappa shape index (κ1) is 27.9. The van der Waals surface area contributed by atoms with Crippen LogP contribution in [-0.4, -0.2) is 43.8 Å². The quantitative estimate of drug-likeness (QED) is 0.504. The van der Waals surface area contributed by atoms with Crippen LogP contribution in [0.15, 0.2) is 49.7 Å². The minimum Gasteiger partial charge on any atom is -0.400 e. The van der Waals surface area contributed by atoms with E-state index in [-0.39, 0.29) is 4.91 Å². The summed E-state index contributed by atoms with van der Waals surface area (Å²) in [5.41, 5.74) is 1.31. The summed E-state index contributed by atoms with van der Waals surface area (Å²) in [6, 6.07) is 0. The number of methoxy groups -OCH3 is 1. The van der Waals surface area contributed by atoms with Crippen molar-refractivity contribution in [2.24, 2.45) is 5.14 Å². The van der Waals surface area contributed by atoms with Gasteiger partial charge in [-0.05, 0) is 63.8 Å². The Morgan fingerprint density at radius 2 is 1.86 bits per heavy atom. The predicted octanol–water partition coefficient (Wildman–Crippen LogP) is 3.82. The summed E-state index contributed by atoms with van der Waals surface area (Å²) >= 11 is 6.51. The molecule has 1 atom stereocenters. The molecule has 29 heavy (non-hydrogen) atoms. The Bertz CT molecular complexity index is 834. The van der Waals surface area contributed by atoms with Gasteiger partial charge in [-0.3, -0.25) is 0 Å². The molecule has 0 aromatic carbocycles. The van der Waals surface area contributed by atoms with Crippen LogP contribution in [0.4, 0.5) is 5.95 Å². The fourth-order valence-electron chi connectivity index (χ4n) is 2.00.